The van der Waals surface area contributed by atoms with Gasteiger partial charge in [-0.3, -0.25) is 4.79 Å². The molecule has 20 heavy (non-hydrogen) atoms. The fourth-order valence-corrected chi connectivity index (χ4v) is 2.07. The van der Waals surface area contributed by atoms with Crippen molar-refractivity contribution in [2.24, 2.45) is 0 Å². The number of carboxylic acid groups (broad SMARTS) is 1. The van der Waals surface area contributed by atoms with Crippen LogP contribution in [-0.2, 0) is 16.0 Å². The molecule has 1 aromatic carbocycles. The normalized spacial score (nSPS) is 11.9. The third-order valence-electron chi connectivity index (χ3n) is 2.64. The van der Waals surface area contributed by atoms with E-state index in [0.717, 1.165) is 12.1 Å². The van der Waals surface area contributed by atoms with E-state index in [0.29, 0.717) is 5.75 Å². The lowest BCUT2D eigenvalue weighted by molar-refractivity contribution is -0.141. The van der Waals surface area contributed by atoms with Crippen LogP contribution in [0.3, 0.4) is 0 Å². The first-order chi connectivity index (χ1) is 9.45. The number of nitrogens with one attached hydrogen (secondary N) is 1. The summed E-state index contributed by atoms with van der Waals surface area (Å²) in [6, 6.07) is 2.25. The first kappa shape index (κ1) is 16.4. The second kappa shape index (κ2) is 7.84. The highest BCUT2D eigenvalue weighted by atomic mass is 32.2. The van der Waals surface area contributed by atoms with E-state index in [4.69, 9.17) is 5.11 Å². The molecule has 1 rings (SSSR count). The van der Waals surface area contributed by atoms with Crippen molar-refractivity contribution < 1.29 is 23.5 Å². The van der Waals surface area contributed by atoms with Crippen molar-refractivity contribution in [3.05, 3.63) is 35.4 Å². The number of carboxylic acids is 1. The van der Waals surface area contributed by atoms with Crippen molar-refractivity contribution in [1.82, 2.24) is 5.32 Å². The standard InChI is InChI=1S/C13H15F2NO3S/c1-20-6-5-11(13(18)19)16-12(17)7-8-9(14)3-2-4-10(8)15/h2-4,11H,5-7H2,1H3,(H,16,17)(H,18,19)/t11-/m1/s1. The summed E-state index contributed by atoms with van der Waals surface area (Å²) in [5, 5.41) is 11.2. The molecular weight excluding hydrogens is 288 g/mol. The molecule has 1 amide bonds. The second-order valence-electron chi connectivity index (χ2n) is 4.12. The van der Waals surface area contributed by atoms with Crippen LogP contribution in [0, 0.1) is 11.6 Å². The zero-order valence-corrected chi connectivity index (χ0v) is 11.7. The summed E-state index contributed by atoms with van der Waals surface area (Å²) in [6.45, 7) is 0. The van der Waals surface area contributed by atoms with Gasteiger partial charge >= 0.3 is 5.97 Å². The molecule has 0 fully saturated rings. The van der Waals surface area contributed by atoms with E-state index in [2.05, 4.69) is 5.32 Å². The molecule has 4 nitrogen and oxygen atoms in total. The molecule has 0 heterocycles. The van der Waals surface area contributed by atoms with Crippen LogP contribution in [-0.4, -0.2) is 35.0 Å². The van der Waals surface area contributed by atoms with Crippen LogP contribution in [0.2, 0.25) is 0 Å². The Labute approximate surface area is 119 Å². The summed E-state index contributed by atoms with van der Waals surface area (Å²) in [6.07, 6.45) is 1.54. The van der Waals surface area contributed by atoms with Crippen molar-refractivity contribution in [3.63, 3.8) is 0 Å². The van der Waals surface area contributed by atoms with E-state index in [-0.39, 0.29) is 12.0 Å². The Balaban J connectivity index is 2.68. The van der Waals surface area contributed by atoms with Crippen molar-refractivity contribution in [2.45, 2.75) is 18.9 Å². The van der Waals surface area contributed by atoms with E-state index in [1.54, 1.807) is 0 Å². The van der Waals surface area contributed by atoms with Gasteiger partial charge in [0.25, 0.3) is 0 Å². The molecule has 0 aliphatic heterocycles. The van der Waals surface area contributed by atoms with Gasteiger partial charge in [-0.2, -0.15) is 11.8 Å². The van der Waals surface area contributed by atoms with Gasteiger partial charge in [-0.05, 0) is 30.6 Å². The Morgan fingerprint density at radius 3 is 2.45 bits per heavy atom. The van der Waals surface area contributed by atoms with E-state index in [1.165, 1.54) is 17.8 Å². The quantitative estimate of drug-likeness (QED) is 0.806. The van der Waals surface area contributed by atoms with Crippen LogP contribution in [0.4, 0.5) is 8.78 Å². The number of amides is 1. The van der Waals surface area contributed by atoms with E-state index >= 15 is 0 Å². The predicted octanol–water partition coefficient (Wildman–Crippen LogP) is 1.83. The molecule has 0 saturated heterocycles. The molecule has 2 N–H and O–H groups in total. The molecule has 1 atom stereocenters. The molecule has 0 aromatic heterocycles. The van der Waals surface area contributed by atoms with Gasteiger partial charge in [0, 0.05) is 5.56 Å². The van der Waals surface area contributed by atoms with Crippen LogP contribution >= 0.6 is 11.8 Å². The molecule has 0 unspecified atom stereocenters. The molecule has 0 aliphatic carbocycles. The predicted molar refractivity (Wildman–Crippen MR) is 72.6 cm³/mol. The monoisotopic (exact) mass is 303 g/mol. The fourth-order valence-electron chi connectivity index (χ4n) is 1.60. The molecule has 0 radical (unpaired) electrons. The Hall–Kier alpha value is -1.63. The third-order valence-corrected chi connectivity index (χ3v) is 3.29. The summed E-state index contributed by atoms with van der Waals surface area (Å²) in [5.74, 6) is -2.97. The van der Waals surface area contributed by atoms with Crippen molar-refractivity contribution in [3.8, 4) is 0 Å². The van der Waals surface area contributed by atoms with Gasteiger partial charge in [0.1, 0.15) is 17.7 Å². The minimum Gasteiger partial charge on any atom is -0.480 e. The SMILES string of the molecule is CSCC[C@@H](NC(=O)Cc1c(F)cccc1F)C(=O)O. The maximum atomic E-state index is 13.4. The molecule has 110 valence electrons. The van der Waals surface area contributed by atoms with Gasteiger partial charge < -0.3 is 10.4 Å². The lowest BCUT2D eigenvalue weighted by Gasteiger charge is -2.14. The van der Waals surface area contributed by atoms with Gasteiger partial charge in [-0.15, -0.1) is 0 Å². The first-order valence-electron chi connectivity index (χ1n) is 5.89. The molecule has 7 heteroatoms. The number of aliphatic carboxylic acids is 1. The minimum absolute atomic E-state index is 0.252. The van der Waals surface area contributed by atoms with Gasteiger partial charge in [-0.1, -0.05) is 6.07 Å². The Kier molecular flexibility index (Phi) is 6.44. The van der Waals surface area contributed by atoms with Crippen molar-refractivity contribution >= 4 is 23.6 Å². The topological polar surface area (TPSA) is 66.4 Å². The van der Waals surface area contributed by atoms with Crippen LogP contribution in [0.15, 0.2) is 18.2 Å². The fraction of sp³-hybridized carbons (Fsp3) is 0.385. The number of benzene rings is 1. The minimum atomic E-state index is -1.17. The Bertz CT molecular complexity index is 476. The zero-order chi connectivity index (χ0) is 15.1. The van der Waals surface area contributed by atoms with Crippen molar-refractivity contribution in [1.29, 1.82) is 0 Å². The molecule has 0 saturated carbocycles. The summed E-state index contributed by atoms with van der Waals surface area (Å²) >= 11 is 1.45. The van der Waals surface area contributed by atoms with Gasteiger partial charge in [0.15, 0.2) is 0 Å². The van der Waals surface area contributed by atoms with Crippen LogP contribution in [0.1, 0.15) is 12.0 Å². The highest BCUT2D eigenvalue weighted by Gasteiger charge is 2.21. The van der Waals surface area contributed by atoms with Gasteiger partial charge in [0.2, 0.25) is 5.91 Å². The van der Waals surface area contributed by atoms with E-state index < -0.39 is 36.0 Å². The second-order valence-corrected chi connectivity index (χ2v) is 5.10. The number of hydrogen-bond donors (Lipinski definition) is 2. The Morgan fingerprint density at radius 1 is 1.35 bits per heavy atom. The summed E-state index contributed by atoms with van der Waals surface area (Å²) in [5.41, 5.74) is -0.362. The highest BCUT2D eigenvalue weighted by molar-refractivity contribution is 7.98. The molecule has 1 aromatic rings. The number of carbonyl (C=O) groups excluding carboxylic acids is 1. The smallest absolute Gasteiger partial charge is 0.326 e. The number of rotatable bonds is 7. The number of thioether (sulfide) groups is 1. The lowest BCUT2D eigenvalue weighted by Crippen LogP contribution is -2.42. The highest BCUT2D eigenvalue weighted by Crippen LogP contribution is 2.12. The van der Waals surface area contributed by atoms with Crippen LogP contribution in [0.5, 0.6) is 0 Å². The largest absolute Gasteiger partial charge is 0.480 e. The van der Waals surface area contributed by atoms with Gasteiger partial charge in [0.05, 0.1) is 6.42 Å². The molecule has 0 spiro atoms. The van der Waals surface area contributed by atoms with Crippen LogP contribution < -0.4 is 5.32 Å². The average molecular weight is 303 g/mol. The maximum Gasteiger partial charge on any atom is 0.326 e. The summed E-state index contributed by atoms with van der Waals surface area (Å²) in [7, 11) is 0. The average Bonchev–Trinajstić information content (AvgIpc) is 2.38. The first-order valence-corrected chi connectivity index (χ1v) is 7.29. The Morgan fingerprint density at radius 2 is 1.95 bits per heavy atom. The van der Waals surface area contributed by atoms with E-state index in [1.807, 2.05) is 6.26 Å². The molecular formula is C13H15F2NO3S. The number of hydrogen-bond acceptors (Lipinski definition) is 3. The molecule has 0 aliphatic rings. The maximum absolute atomic E-state index is 13.4. The van der Waals surface area contributed by atoms with Gasteiger partial charge in [-0.25, -0.2) is 13.6 Å². The van der Waals surface area contributed by atoms with Crippen molar-refractivity contribution in [2.75, 3.05) is 12.0 Å². The van der Waals surface area contributed by atoms with Crippen LogP contribution in [0.25, 0.3) is 0 Å². The molecule has 0 bridgehead atoms. The van der Waals surface area contributed by atoms with E-state index in [9.17, 15) is 18.4 Å². The number of halogens is 2. The third kappa shape index (κ3) is 4.80. The zero-order valence-electron chi connectivity index (χ0n) is 10.9. The summed E-state index contributed by atoms with van der Waals surface area (Å²) < 4.78 is 26.7. The summed E-state index contributed by atoms with van der Waals surface area (Å²) in [4.78, 5) is 22.6. The number of carbonyl (C=O) groups is 2. The lowest BCUT2D eigenvalue weighted by atomic mass is 10.1.